The van der Waals surface area contributed by atoms with Gasteiger partial charge < -0.3 is 10.6 Å². The Kier molecular flexibility index (Phi) is 5.69. The summed E-state index contributed by atoms with van der Waals surface area (Å²) in [7, 11) is 0. The van der Waals surface area contributed by atoms with Crippen LogP contribution in [-0.4, -0.2) is 18.5 Å². The van der Waals surface area contributed by atoms with Gasteiger partial charge in [-0.3, -0.25) is 4.79 Å². The van der Waals surface area contributed by atoms with Gasteiger partial charge in [0.2, 0.25) is 5.91 Å². The van der Waals surface area contributed by atoms with E-state index in [-0.39, 0.29) is 11.9 Å². The Balaban J connectivity index is 2.50. The molecule has 3 heteroatoms. The van der Waals surface area contributed by atoms with E-state index in [4.69, 9.17) is 0 Å². The molecule has 1 aromatic rings. The van der Waals surface area contributed by atoms with Gasteiger partial charge in [0.1, 0.15) is 0 Å². The van der Waals surface area contributed by atoms with Crippen LogP contribution in [0.3, 0.4) is 0 Å². The number of carbonyl (C=O) groups excluding carboxylic acids is 1. The van der Waals surface area contributed by atoms with Gasteiger partial charge in [0.05, 0.1) is 6.54 Å². The molecule has 0 unspecified atom stereocenters. The van der Waals surface area contributed by atoms with Crippen LogP contribution in [0.25, 0.3) is 0 Å². The topological polar surface area (TPSA) is 41.1 Å². The van der Waals surface area contributed by atoms with E-state index in [1.165, 1.54) is 11.1 Å². The van der Waals surface area contributed by atoms with Gasteiger partial charge in [-0.15, -0.1) is 0 Å². The van der Waals surface area contributed by atoms with Crippen molar-refractivity contribution >= 4 is 11.6 Å². The lowest BCUT2D eigenvalue weighted by Gasteiger charge is -2.16. The number of aryl methyl sites for hydroxylation is 1. The SMILES string of the molecule is CCC(CC)NC(=O)CNc1cccc(C)c1C. The molecule has 0 radical (unpaired) electrons. The van der Waals surface area contributed by atoms with Crippen LogP contribution in [0.5, 0.6) is 0 Å². The second-order valence-corrected chi connectivity index (χ2v) is 4.68. The maximum atomic E-state index is 11.8. The van der Waals surface area contributed by atoms with Crippen molar-refractivity contribution in [1.29, 1.82) is 0 Å². The quantitative estimate of drug-likeness (QED) is 0.812. The molecule has 100 valence electrons. The first kappa shape index (κ1) is 14.6. The third kappa shape index (κ3) is 4.06. The highest BCUT2D eigenvalue weighted by Gasteiger charge is 2.08. The van der Waals surface area contributed by atoms with Crippen LogP contribution in [0.1, 0.15) is 37.8 Å². The van der Waals surface area contributed by atoms with E-state index in [2.05, 4.69) is 44.4 Å². The van der Waals surface area contributed by atoms with Crippen LogP contribution in [0.2, 0.25) is 0 Å². The zero-order valence-electron chi connectivity index (χ0n) is 11.8. The molecule has 0 aliphatic carbocycles. The lowest BCUT2D eigenvalue weighted by atomic mass is 10.1. The van der Waals surface area contributed by atoms with Crippen LogP contribution in [-0.2, 0) is 4.79 Å². The molecule has 0 heterocycles. The first-order chi connectivity index (χ1) is 8.58. The van der Waals surface area contributed by atoms with E-state index >= 15 is 0 Å². The largest absolute Gasteiger partial charge is 0.376 e. The van der Waals surface area contributed by atoms with Crippen LogP contribution in [0.15, 0.2) is 18.2 Å². The van der Waals surface area contributed by atoms with Gasteiger partial charge >= 0.3 is 0 Å². The van der Waals surface area contributed by atoms with E-state index in [0.717, 1.165) is 18.5 Å². The normalized spacial score (nSPS) is 10.5. The Morgan fingerprint density at radius 3 is 2.50 bits per heavy atom. The van der Waals surface area contributed by atoms with Crippen molar-refractivity contribution in [3.8, 4) is 0 Å². The number of anilines is 1. The third-order valence-electron chi connectivity index (χ3n) is 3.39. The summed E-state index contributed by atoms with van der Waals surface area (Å²) in [6, 6.07) is 6.37. The molecule has 0 bridgehead atoms. The highest BCUT2D eigenvalue weighted by Crippen LogP contribution is 2.17. The molecule has 1 rings (SSSR count). The van der Waals surface area contributed by atoms with Gasteiger partial charge in [-0.2, -0.15) is 0 Å². The predicted molar refractivity (Wildman–Crippen MR) is 76.9 cm³/mol. The van der Waals surface area contributed by atoms with Crippen LogP contribution in [0, 0.1) is 13.8 Å². The standard InChI is InChI=1S/C15H24N2O/c1-5-13(6-2)17-15(18)10-16-14-9-7-8-11(3)12(14)4/h7-9,13,16H,5-6,10H2,1-4H3,(H,17,18). The average molecular weight is 248 g/mol. The molecule has 2 N–H and O–H groups in total. The molecule has 0 atom stereocenters. The van der Waals surface area contributed by atoms with Crippen molar-refractivity contribution in [2.75, 3.05) is 11.9 Å². The summed E-state index contributed by atoms with van der Waals surface area (Å²) in [6.07, 6.45) is 1.96. The highest BCUT2D eigenvalue weighted by atomic mass is 16.1. The predicted octanol–water partition coefficient (Wildman–Crippen LogP) is 3.02. The Bertz CT molecular complexity index is 397. The molecule has 1 amide bonds. The molecule has 0 aromatic heterocycles. The molecular formula is C15H24N2O. The Morgan fingerprint density at radius 2 is 1.89 bits per heavy atom. The second-order valence-electron chi connectivity index (χ2n) is 4.68. The molecule has 0 aliphatic rings. The number of amides is 1. The summed E-state index contributed by atoms with van der Waals surface area (Å²) in [4.78, 5) is 11.8. The number of hydrogen-bond acceptors (Lipinski definition) is 2. The van der Waals surface area contributed by atoms with Crippen LogP contribution in [0.4, 0.5) is 5.69 Å². The number of nitrogens with one attached hydrogen (secondary N) is 2. The van der Waals surface area contributed by atoms with Crippen molar-refractivity contribution in [2.24, 2.45) is 0 Å². The first-order valence-corrected chi connectivity index (χ1v) is 6.67. The Hall–Kier alpha value is -1.51. The fourth-order valence-corrected chi connectivity index (χ4v) is 1.89. The lowest BCUT2D eigenvalue weighted by Crippen LogP contribution is -2.37. The van der Waals surface area contributed by atoms with Gasteiger partial charge in [-0.05, 0) is 43.9 Å². The minimum absolute atomic E-state index is 0.0598. The smallest absolute Gasteiger partial charge is 0.239 e. The summed E-state index contributed by atoms with van der Waals surface area (Å²) in [5.41, 5.74) is 3.47. The van der Waals surface area contributed by atoms with E-state index < -0.39 is 0 Å². The van der Waals surface area contributed by atoms with Crippen molar-refractivity contribution in [3.05, 3.63) is 29.3 Å². The molecular weight excluding hydrogens is 224 g/mol. The van der Waals surface area contributed by atoms with Crippen molar-refractivity contribution in [3.63, 3.8) is 0 Å². The Morgan fingerprint density at radius 1 is 1.22 bits per heavy atom. The third-order valence-corrected chi connectivity index (χ3v) is 3.39. The Labute approximate surface area is 110 Å². The molecule has 0 saturated heterocycles. The molecule has 3 nitrogen and oxygen atoms in total. The minimum atomic E-state index is 0.0598. The number of carbonyl (C=O) groups is 1. The molecule has 18 heavy (non-hydrogen) atoms. The second kappa shape index (κ2) is 7.04. The highest BCUT2D eigenvalue weighted by molar-refractivity contribution is 5.81. The van der Waals surface area contributed by atoms with E-state index in [9.17, 15) is 4.79 Å². The van der Waals surface area contributed by atoms with Crippen molar-refractivity contribution in [1.82, 2.24) is 5.32 Å². The molecule has 0 aliphatic heterocycles. The summed E-state index contributed by atoms with van der Waals surface area (Å²) in [6.45, 7) is 8.65. The molecule has 1 aromatic carbocycles. The van der Waals surface area contributed by atoms with E-state index in [1.807, 2.05) is 12.1 Å². The maximum Gasteiger partial charge on any atom is 0.239 e. The summed E-state index contributed by atoms with van der Waals surface area (Å²) in [5, 5.41) is 6.21. The number of rotatable bonds is 6. The monoisotopic (exact) mass is 248 g/mol. The molecule has 0 fully saturated rings. The van der Waals surface area contributed by atoms with E-state index in [0.29, 0.717) is 6.54 Å². The average Bonchev–Trinajstić information content (AvgIpc) is 2.37. The molecule has 0 spiro atoms. The van der Waals surface area contributed by atoms with Crippen LogP contribution < -0.4 is 10.6 Å². The van der Waals surface area contributed by atoms with Gasteiger partial charge in [0.15, 0.2) is 0 Å². The maximum absolute atomic E-state index is 11.8. The minimum Gasteiger partial charge on any atom is -0.376 e. The van der Waals surface area contributed by atoms with E-state index in [1.54, 1.807) is 0 Å². The zero-order valence-corrected chi connectivity index (χ0v) is 11.8. The van der Waals surface area contributed by atoms with Gasteiger partial charge in [0, 0.05) is 11.7 Å². The fourth-order valence-electron chi connectivity index (χ4n) is 1.89. The fraction of sp³-hybridized carbons (Fsp3) is 0.533. The number of benzene rings is 1. The van der Waals surface area contributed by atoms with Gasteiger partial charge in [-0.1, -0.05) is 26.0 Å². The zero-order chi connectivity index (χ0) is 13.5. The van der Waals surface area contributed by atoms with Crippen molar-refractivity contribution < 1.29 is 4.79 Å². The lowest BCUT2D eigenvalue weighted by molar-refractivity contribution is -0.120. The van der Waals surface area contributed by atoms with Gasteiger partial charge in [0.25, 0.3) is 0 Å². The summed E-state index contributed by atoms with van der Waals surface area (Å²) >= 11 is 0. The van der Waals surface area contributed by atoms with Gasteiger partial charge in [-0.25, -0.2) is 0 Å². The van der Waals surface area contributed by atoms with Crippen molar-refractivity contribution in [2.45, 2.75) is 46.6 Å². The molecule has 0 saturated carbocycles. The van der Waals surface area contributed by atoms with Crippen LogP contribution >= 0.6 is 0 Å². The summed E-state index contributed by atoms with van der Waals surface area (Å²) < 4.78 is 0. The summed E-state index contributed by atoms with van der Waals surface area (Å²) in [5.74, 6) is 0.0598. The number of hydrogen-bond donors (Lipinski definition) is 2. The first-order valence-electron chi connectivity index (χ1n) is 6.67.